The van der Waals surface area contributed by atoms with E-state index in [1.165, 1.54) is 11.1 Å². The molecule has 0 atom stereocenters. The molecule has 3 nitrogen and oxygen atoms in total. The first kappa shape index (κ1) is 17.0. The van der Waals surface area contributed by atoms with E-state index in [4.69, 9.17) is 5.10 Å². The summed E-state index contributed by atoms with van der Waals surface area (Å²) in [6.45, 7) is 4.16. The molecule has 0 amide bonds. The van der Waals surface area contributed by atoms with Gasteiger partial charge in [0.25, 0.3) is 0 Å². The number of para-hydroxylation sites is 1. The molecule has 0 spiro atoms. The minimum Gasteiger partial charge on any atom is -0.256 e. The van der Waals surface area contributed by atoms with Crippen molar-refractivity contribution in [2.24, 2.45) is 4.99 Å². The largest absolute Gasteiger partial charge is 0.256 e. The normalized spacial score (nSPS) is 11.2. The highest BCUT2D eigenvalue weighted by Gasteiger charge is 2.11. The summed E-state index contributed by atoms with van der Waals surface area (Å²) in [6.07, 6.45) is 3.93. The van der Waals surface area contributed by atoms with Crippen LogP contribution in [0.2, 0.25) is 0 Å². The van der Waals surface area contributed by atoms with Gasteiger partial charge in [0.1, 0.15) is 5.69 Å². The van der Waals surface area contributed by atoms with Gasteiger partial charge in [-0.3, -0.25) is 4.99 Å². The Balaban J connectivity index is 1.78. The second-order valence-corrected chi connectivity index (χ2v) is 6.68. The molecule has 0 N–H and O–H groups in total. The van der Waals surface area contributed by atoms with Gasteiger partial charge in [-0.05, 0) is 43.7 Å². The van der Waals surface area contributed by atoms with Crippen LogP contribution in [0.1, 0.15) is 16.7 Å². The molecular weight excluding hydrogens is 330 g/mol. The maximum Gasteiger partial charge on any atom is 0.101 e. The summed E-state index contributed by atoms with van der Waals surface area (Å²) in [5, 5.41) is 4.84. The smallest absolute Gasteiger partial charge is 0.101 e. The monoisotopic (exact) mass is 351 g/mol. The lowest BCUT2D eigenvalue weighted by Gasteiger charge is -2.01. The van der Waals surface area contributed by atoms with E-state index in [1.54, 1.807) is 0 Å². The van der Waals surface area contributed by atoms with Crippen molar-refractivity contribution in [3.05, 3.63) is 102 Å². The second-order valence-electron chi connectivity index (χ2n) is 6.68. The van der Waals surface area contributed by atoms with Gasteiger partial charge in [0.05, 0.1) is 11.4 Å². The Hall–Kier alpha value is -3.46. The van der Waals surface area contributed by atoms with Crippen molar-refractivity contribution >= 4 is 11.9 Å². The first-order chi connectivity index (χ1) is 13.2. The van der Waals surface area contributed by atoms with Gasteiger partial charge in [-0.2, -0.15) is 5.10 Å². The lowest BCUT2D eigenvalue weighted by Crippen LogP contribution is -1.93. The quantitative estimate of drug-likeness (QED) is 0.421. The van der Waals surface area contributed by atoms with Crippen LogP contribution in [0.15, 0.2) is 90.1 Å². The predicted molar refractivity (Wildman–Crippen MR) is 112 cm³/mol. The molecule has 4 rings (SSSR count). The van der Waals surface area contributed by atoms with Gasteiger partial charge in [0, 0.05) is 23.5 Å². The minimum absolute atomic E-state index is 0.926. The third-order valence-corrected chi connectivity index (χ3v) is 4.44. The van der Waals surface area contributed by atoms with Crippen LogP contribution in [0.3, 0.4) is 0 Å². The summed E-state index contributed by atoms with van der Waals surface area (Å²) in [7, 11) is 0. The fraction of sp³-hybridized carbons (Fsp3) is 0.0833. The lowest BCUT2D eigenvalue weighted by molar-refractivity contribution is 0.884. The standard InChI is InChI=1S/C24H21N3/c1-18-11-13-20(14-12-18)24-21(16-25-22-8-6-7-19(2)15-22)17-27(26-24)23-9-4-3-5-10-23/h3-17H,1-2H3. The summed E-state index contributed by atoms with van der Waals surface area (Å²) in [4.78, 5) is 4.67. The molecule has 1 heterocycles. The third-order valence-electron chi connectivity index (χ3n) is 4.44. The predicted octanol–water partition coefficient (Wildman–Crippen LogP) is 5.91. The molecule has 0 aliphatic rings. The van der Waals surface area contributed by atoms with E-state index in [9.17, 15) is 0 Å². The van der Waals surface area contributed by atoms with Crippen molar-refractivity contribution in [1.82, 2.24) is 9.78 Å². The van der Waals surface area contributed by atoms with Crippen LogP contribution >= 0.6 is 0 Å². The Morgan fingerprint density at radius 2 is 1.59 bits per heavy atom. The fourth-order valence-corrected chi connectivity index (χ4v) is 2.98. The maximum absolute atomic E-state index is 4.84. The lowest BCUT2D eigenvalue weighted by atomic mass is 10.1. The van der Waals surface area contributed by atoms with E-state index < -0.39 is 0 Å². The van der Waals surface area contributed by atoms with Crippen LogP contribution in [0.5, 0.6) is 0 Å². The number of hydrogen-bond acceptors (Lipinski definition) is 2. The van der Waals surface area contributed by atoms with Crippen molar-refractivity contribution in [2.75, 3.05) is 0 Å². The summed E-state index contributed by atoms with van der Waals surface area (Å²) in [6, 6.07) is 26.8. The molecule has 0 fully saturated rings. The number of aryl methyl sites for hydroxylation is 2. The van der Waals surface area contributed by atoms with Gasteiger partial charge in [-0.15, -0.1) is 0 Å². The average molecular weight is 351 g/mol. The summed E-state index contributed by atoms with van der Waals surface area (Å²) < 4.78 is 1.91. The van der Waals surface area contributed by atoms with E-state index in [0.717, 1.165) is 28.2 Å². The zero-order chi connectivity index (χ0) is 18.6. The Morgan fingerprint density at radius 3 is 2.33 bits per heavy atom. The van der Waals surface area contributed by atoms with E-state index in [0.29, 0.717) is 0 Å². The van der Waals surface area contributed by atoms with E-state index >= 15 is 0 Å². The van der Waals surface area contributed by atoms with Crippen molar-refractivity contribution in [3.63, 3.8) is 0 Å². The highest BCUT2D eigenvalue weighted by molar-refractivity contribution is 5.90. The molecular formula is C24H21N3. The molecule has 0 bridgehead atoms. The summed E-state index contributed by atoms with van der Waals surface area (Å²) >= 11 is 0. The van der Waals surface area contributed by atoms with Crippen LogP contribution in [0.25, 0.3) is 16.9 Å². The Bertz CT molecular complexity index is 1070. The SMILES string of the molecule is Cc1ccc(-c2nn(-c3ccccc3)cc2C=Nc2cccc(C)c2)cc1. The zero-order valence-corrected chi connectivity index (χ0v) is 15.5. The number of hydrogen-bond donors (Lipinski definition) is 0. The zero-order valence-electron chi connectivity index (χ0n) is 15.5. The maximum atomic E-state index is 4.84. The summed E-state index contributed by atoms with van der Waals surface area (Å²) in [5.41, 5.74) is 7.40. The topological polar surface area (TPSA) is 30.2 Å². The van der Waals surface area contributed by atoms with Crippen molar-refractivity contribution in [3.8, 4) is 16.9 Å². The molecule has 132 valence electrons. The van der Waals surface area contributed by atoms with Crippen molar-refractivity contribution < 1.29 is 0 Å². The third kappa shape index (κ3) is 3.87. The molecule has 0 saturated carbocycles. The number of aliphatic imine (C=N–C) groups is 1. The van der Waals surface area contributed by atoms with Gasteiger partial charge in [0.2, 0.25) is 0 Å². The average Bonchev–Trinajstić information content (AvgIpc) is 3.12. The second kappa shape index (κ2) is 7.42. The summed E-state index contributed by atoms with van der Waals surface area (Å²) in [5.74, 6) is 0. The minimum atomic E-state index is 0.926. The van der Waals surface area contributed by atoms with Crippen LogP contribution < -0.4 is 0 Å². The Kier molecular flexibility index (Phi) is 4.67. The van der Waals surface area contributed by atoms with Gasteiger partial charge in [0.15, 0.2) is 0 Å². The molecule has 27 heavy (non-hydrogen) atoms. The Labute approximate surface area is 159 Å². The molecule has 0 unspecified atom stereocenters. The Morgan fingerprint density at radius 1 is 0.815 bits per heavy atom. The number of benzene rings is 3. The fourth-order valence-electron chi connectivity index (χ4n) is 2.98. The van der Waals surface area contributed by atoms with Gasteiger partial charge >= 0.3 is 0 Å². The molecule has 3 heteroatoms. The van der Waals surface area contributed by atoms with Crippen LogP contribution in [0.4, 0.5) is 5.69 Å². The van der Waals surface area contributed by atoms with Crippen molar-refractivity contribution in [2.45, 2.75) is 13.8 Å². The number of aromatic nitrogens is 2. The number of nitrogens with zero attached hydrogens (tertiary/aromatic N) is 3. The van der Waals surface area contributed by atoms with Crippen LogP contribution in [0, 0.1) is 13.8 Å². The van der Waals surface area contributed by atoms with E-state index in [-0.39, 0.29) is 0 Å². The molecule has 1 aromatic heterocycles. The van der Waals surface area contributed by atoms with Crippen LogP contribution in [-0.2, 0) is 0 Å². The molecule has 3 aromatic carbocycles. The molecule has 0 saturated heterocycles. The van der Waals surface area contributed by atoms with Gasteiger partial charge < -0.3 is 0 Å². The van der Waals surface area contributed by atoms with E-state index in [2.05, 4.69) is 55.2 Å². The highest BCUT2D eigenvalue weighted by Crippen LogP contribution is 2.24. The molecule has 0 aliphatic carbocycles. The van der Waals surface area contributed by atoms with Gasteiger partial charge in [-0.25, -0.2) is 4.68 Å². The van der Waals surface area contributed by atoms with Gasteiger partial charge in [-0.1, -0.05) is 60.2 Å². The van der Waals surface area contributed by atoms with Crippen LogP contribution in [-0.4, -0.2) is 16.0 Å². The first-order valence-electron chi connectivity index (χ1n) is 9.02. The first-order valence-corrected chi connectivity index (χ1v) is 9.02. The van der Waals surface area contributed by atoms with Crippen molar-refractivity contribution in [1.29, 1.82) is 0 Å². The van der Waals surface area contributed by atoms with E-state index in [1.807, 2.05) is 59.6 Å². The molecule has 0 radical (unpaired) electrons. The molecule has 0 aliphatic heterocycles. The highest BCUT2D eigenvalue weighted by atomic mass is 15.3. The molecule has 4 aromatic rings. The number of rotatable bonds is 4.